The van der Waals surface area contributed by atoms with Crippen molar-refractivity contribution in [2.24, 2.45) is 0 Å². The highest BCUT2D eigenvalue weighted by Crippen LogP contribution is 2.22. The van der Waals surface area contributed by atoms with Gasteiger partial charge in [0.25, 0.3) is 0 Å². The molecule has 9 heteroatoms. The fraction of sp³-hybridized carbons (Fsp3) is 0.661. The lowest BCUT2D eigenvalue weighted by Gasteiger charge is -2.40. The first kappa shape index (κ1) is 65.6. The zero-order chi connectivity index (χ0) is 51.5. The molecule has 0 spiro atoms. The average molecular weight is 991 g/mol. The number of hydrogen-bond acceptors (Lipinski definition) is 8. The summed E-state index contributed by atoms with van der Waals surface area (Å²) in [6, 6.07) is -0.855. The zero-order valence-electron chi connectivity index (χ0n) is 44.7. The van der Waals surface area contributed by atoms with Gasteiger partial charge < -0.3 is 40.3 Å². The predicted octanol–water partition coefficient (Wildman–Crippen LogP) is 14.0. The van der Waals surface area contributed by atoms with Gasteiger partial charge in [-0.3, -0.25) is 4.79 Å². The number of rotatable bonds is 46. The molecule has 0 saturated carbocycles. The smallest absolute Gasteiger partial charge is 0.220 e. The van der Waals surface area contributed by atoms with Gasteiger partial charge in [-0.2, -0.15) is 0 Å². The van der Waals surface area contributed by atoms with Gasteiger partial charge in [-0.15, -0.1) is 0 Å². The molecule has 1 saturated heterocycles. The number of amides is 1. The van der Waals surface area contributed by atoms with Crippen molar-refractivity contribution in [2.75, 3.05) is 13.2 Å². The minimum Gasteiger partial charge on any atom is -0.394 e. The normalized spacial score (nSPS) is 20.2. The van der Waals surface area contributed by atoms with Crippen LogP contribution in [0.4, 0.5) is 0 Å². The number of allylic oxidation sites excluding steroid dienone is 19. The van der Waals surface area contributed by atoms with Crippen LogP contribution >= 0.6 is 0 Å². The molecule has 0 radical (unpaired) electrons. The number of hydrogen-bond donors (Lipinski definition) is 6. The molecule has 6 N–H and O–H groups in total. The Hall–Kier alpha value is -3.41. The fourth-order valence-electron chi connectivity index (χ4n) is 8.07. The van der Waals surface area contributed by atoms with Gasteiger partial charge in [-0.05, 0) is 96.3 Å². The van der Waals surface area contributed by atoms with Crippen molar-refractivity contribution in [1.29, 1.82) is 0 Å². The van der Waals surface area contributed by atoms with Gasteiger partial charge in [0.05, 0.1) is 25.4 Å². The largest absolute Gasteiger partial charge is 0.394 e. The third-order valence-corrected chi connectivity index (χ3v) is 12.5. The van der Waals surface area contributed by atoms with Crippen LogP contribution in [0.5, 0.6) is 0 Å². The number of ether oxygens (including phenoxy) is 2. The van der Waals surface area contributed by atoms with Crippen molar-refractivity contribution < 1.29 is 39.8 Å². The Morgan fingerprint density at radius 3 is 1.35 bits per heavy atom. The summed E-state index contributed by atoms with van der Waals surface area (Å²) >= 11 is 0. The van der Waals surface area contributed by atoms with Gasteiger partial charge >= 0.3 is 0 Å². The Morgan fingerprint density at radius 2 is 0.887 bits per heavy atom. The molecule has 0 aromatic heterocycles. The third-order valence-electron chi connectivity index (χ3n) is 12.5. The van der Waals surface area contributed by atoms with Crippen LogP contribution in [0.25, 0.3) is 0 Å². The minimum absolute atomic E-state index is 0.227. The quantitative estimate of drug-likeness (QED) is 0.0261. The number of carbonyl (C=O) groups excluding carboxylic acids is 1. The van der Waals surface area contributed by atoms with Crippen LogP contribution in [0.2, 0.25) is 0 Å². The van der Waals surface area contributed by atoms with E-state index in [0.29, 0.717) is 6.42 Å². The number of aliphatic hydroxyl groups excluding tert-OH is 5. The van der Waals surface area contributed by atoms with E-state index in [0.717, 1.165) is 83.5 Å². The van der Waals surface area contributed by atoms with Crippen molar-refractivity contribution >= 4 is 5.91 Å². The van der Waals surface area contributed by atoms with E-state index in [1.807, 2.05) is 6.08 Å². The van der Waals surface area contributed by atoms with Crippen LogP contribution in [0, 0.1) is 0 Å². The summed E-state index contributed by atoms with van der Waals surface area (Å²) in [5.41, 5.74) is 0. The second-order valence-electron chi connectivity index (χ2n) is 19.0. The molecule has 404 valence electrons. The van der Waals surface area contributed by atoms with E-state index in [9.17, 15) is 30.3 Å². The Balaban J connectivity index is 2.33. The fourth-order valence-corrected chi connectivity index (χ4v) is 8.07. The summed E-state index contributed by atoms with van der Waals surface area (Å²) in [6.45, 7) is 3.62. The van der Waals surface area contributed by atoms with Crippen molar-refractivity contribution in [2.45, 2.75) is 249 Å². The molecule has 1 rings (SSSR count). The summed E-state index contributed by atoms with van der Waals surface area (Å²) in [6.07, 6.45) is 68.3. The monoisotopic (exact) mass is 990 g/mol. The molecule has 1 heterocycles. The van der Waals surface area contributed by atoms with E-state index in [4.69, 9.17) is 9.47 Å². The highest BCUT2D eigenvalue weighted by molar-refractivity contribution is 5.76. The Morgan fingerprint density at radius 1 is 0.493 bits per heavy atom. The molecular formula is C62H103NO8. The van der Waals surface area contributed by atoms with E-state index in [1.54, 1.807) is 6.08 Å². The van der Waals surface area contributed by atoms with E-state index in [-0.39, 0.29) is 18.9 Å². The standard InChI is InChI=1S/C62H103NO8/c1-3-5-7-9-11-13-15-17-19-21-23-25-26-27-28-29-30-32-34-36-38-40-42-44-46-48-50-52-58(66)63-55(54-70-62-61(69)60(68)59(67)57(53-64)71-62)56(65)51-49-47-45-43-41-39-37-35-33-31-24-22-20-18-16-14-12-10-8-6-4-2/h5,7,11,13,17,19,23,25,27-28,30,32,36,38,41-44,49,51,55-57,59-62,64-65,67-69H,3-4,6,8-10,12,14-16,18,20-22,24,26,29,31,33-35,37,39-40,45-48,50,52-54H2,1-2H3,(H,63,66)/b7-5-,13-11-,19-17-,25-23-,28-27-,32-30-,38-36-,43-41+,44-42-,51-49+. The first-order valence-corrected chi connectivity index (χ1v) is 28.3. The van der Waals surface area contributed by atoms with Gasteiger partial charge in [0, 0.05) is 6.42 Å². The molecule has 1 aliphatic rings. The SMILES string of the molecule is CC/C=C\C/C=C\C/C=C\C/C=C\C/C=C\C/C=C\C/C=C\C/C=C\CCCCC(=O)NC(COC1OC(CO)C(O)C(O)C1O)C(O)/C=C/CC/C=C/CCCCCCCCCCCCCCCCC. The molecule has 0 aliphatic carbocycles. The van der Waals surface area contributed by atoms with Crippen LogP contribution in [-0.2, 0) is 14.3 Å². The molecular weight excluding hydrogens is 887 g/mol. The molecule has 1 fully saturated rings. The lowest BCUT2D eigenvalue weighted by atomic mass is 9.99. The highest BCUT2D eigenvalue weighted by atomic mass is 16.7. The molecule has 1 amide bonds. The molecule has 0 aromatic carbocycles. The van der Waals surface area contributed by atoms with Crippen molar-refractivity contribution in [1.82, 2.24) is 5.32 Å². The van der Waals surface area contributed by atoms with E-state index >= 15 is 0 Å². The average Bonchev–Trinajstić information content (AvgIpc) is 3.37. The molecule has 1 aliphatic heterocycles. The maximum Gasteiger partial charge on any atom is 0.220 e. The Kier molecular flexibility index (Phi) is 46.3. The van der Waals surface area contributed by atoms with Crippen molar-refractivity contribution in [3.8, 4) is 0 Å². The Bertz CT molecular complexity index is 1520. The van der Waals surface area contributed by atoms with Crippen molar-refractivity contribution in [3.05, 3.63) is 122 Å². The van der Waals surface area contributed by atoms with E-state index in [1.165, 1.54) is 96.3 Å². The molecule has 7 atom stereocenters. The van der Waals surface area contributed by atoms with Crippen LogP contribution in [-0.4, -0.2) is 87.5 Å². The van der Waals surface area contributed by atoms with Gasteiger partial charge in [0.15, 0.2) is 6.29 Å². The topological polar surface area (TPSA) is 149 Å². The van der Waals surface area contributed by atoms with Gasteiger partial charge in [-0.25, -0.2) is 0 Å². The van der Waals surface area contributed by atoms with Gasteiger partial charge in [0.1, 0.15) is 24.4 Å². The second kappa shape index (κ2) is 50.1. The van der Waals surface area contributed by atoms with Gasteiger partial charge in [-0.1, -0.05) is 225 Å². The summed E-state index contributed by atoms with van der Waals surface area (Å²) in [5.74, 6) is -0.233. The second-order valence-corrected chi connectivity index (χ2v) is 19.0. The predicted molar refractivity (Wildman–Crippen MR) is 299 cm³/mol. The first-order valence-electron chi connectivity index (χ1n) is 28.3. The summed E-state index contributed by atoms with van der Waals surface area (Å²) < 4.78 is 11.2. The van der Waals surface area contributed by atoms with Crippen LogP contribution in [0.15, 0.2) is 122 Å². The number of aliphatic hydroxyl groups is 5. The molecule has 9 nitrogen and oxygen atoms in total. The lowest BCUT2D eigenvalue weighted by molar-refractivity contribution is -0.302. The van der Waals surface area contributed by atoms with Crippen molar-refractivity contribution in [3.63, 3.8) is 0 Å². The molecule has 0 aromatic rings. The van der Waals surface area contributed by atoms with E-state index < -0.39 is 49.5 Å². The minimum atomic E-state index is -1.59. The summed E-state index contributed by atoms with van der Waals surface area (Å²) in [4.78, 5) is 13.0. The van der Waals surface area contributed by atoms with Crippen LogP contribution in [0.1, 0.15) is 206 Å². The van der Waals surface area contributed by atoms with E-state index in [2.05, 4.69) is 129 Å². The maximum absolute atomic E-state index is 13.0. The number of unbranched alkanes of at least 4 members (excludes halogenated alkanes) is 18. The first-order chi connectivity index (χ1) is 34.8. The third kappa shape index (κ3) is 39.8. The number of carbonyl (C=O) groups is 1. The number of nitrogens with one attached hydrogen (secondary N) is 1. The summed E-state index contributed by atoms with van der Waals surface area (Å²) in [5, 5.41) is 54.4. The Labute approximate surface area is 433 Å². The zero-order valence-corrected chi connectivity index (χ0v) is 44.7. The molecule has 71 heavy (non-hydrogen) atoms. The van der Waals surface area contributed by atoms with Crippen LogP contribution in [0.3, 0.4) is 0 Å². The molecule has 0 bridgehead atoms. The summed E-state index contributed by atoms with van der Waals surface area (Å²) in [7, 11) is 0. The lowest BCUT2D eigenvalue weighted by Crippen LogP contribution is -2.60. The van der Waals surface area contributed by atoms with Gasteiger partial charge in [0.2, 0.25) is 5.91 Å². The highest BCUT2D eigenvalue weighted by Gasteiger charge is 2.44. The molecule has 7 unspecified atom stereocenters. The van der Waals surface area contributed by atoms with Crippen LogP contribution < -0.4 is 5.32 Å². The maximum atomic E-state index is 13.0.